The molecule has 1 aromatic rings. The summed E-state index contributed by atoms with van der Waals surface area (Å²) in [6.45, 7) is 3.45. The molecule has 1 saturated heterocycles. The monoisotopic (exact) mass is 304 g/mol. The van der Waals surface area contributed by atoms with Crippen molar-refractivity contribution in [1.29, 1.82) is 0 Å². The number of likely N-dealkylation sites (N-methyl/N-ethyl adjacent to an activating group) is 1. The molecule has 1 atom stereocenters. The van der Waals surface area contributed by atoms with Crippen molar-refractivity contribution in [3.05, 3.63) is 23.8 Å². The average molecular weight is 304 g/mol. The van der Waals surface area contributed by atoms with Gasteiger partial charge in [0.1, 0.15) is 0 Å². The van der Waals surface area contributed by atoms with E-state index in [1.54, 1.807) is 37.1 Å². The topological polar surface area (TPSA) is 59.1 Å². The van der Waals surface area contributed by atoms with Crippen molar-refractivity contribution in [1.82, 2.24) is 9.80 Å². The molecule has 0 N–H and O–H groups in total. The minimum absolute atomic E-state index is 0.00186. The molecule has 118 valence electrons. The van der Waals surface area contributed by atoms with E-state index in [1.807, 2.05) is 7.05 Å². The van der Waals surface area contributed by atoms with E-state index in [0.717, 1.165) is 13.1 Å². The van der Waals surface area contributed by atoms with Gasteiger partial charge in [-0.25, -0.2) is 0 Å². The van der Waals surface area contributed by atoms with Crippen molar-refractivity contribution in [2.75, 3.05) is 34.0 Å². The number of carbonyl (C=O) groups is 2. The maximum Gasteiger partial charge on any atom is 0.231 e. The lowest BCUT2D eigenvalue weighted by atomic mass is 9.97. The highest BCUT2D eigenvalue weighted by molar-refractivity contribution is 6.02. The Hall–Kier alpha value is -2.08. The molecule has 0 bridgehead atoms. The second-order valence-corrected chi connectivity index (χ2v) is 5.98. The zero-order valence-corrected chi connectivity index (χ0v) is 13.0. The summed E-state index contributed by atoms with van der Waals surface area (Å²) < 4.78 is 10.5. The first-order chi connectivity index (χ1) is 10.5. The number of nitrogens with zero attached hydrogens (tertiary/aromatic N) is 2. The second-order valence-electron chi connectivity index (χ2n) is 5.98. The van der Waals surface area contributed by atoms with E-state index < -0.39 is 6.04 Å². The Balaban J connectivity index is 1.69. The lowest BCUT2D eigenvalue weighted by molar-refractivity contribution is -0.140. The van der Waals surface area contributed by atoms with E-state index in [1.165, 1.54) is 0 Å². The maximum absolute atomic E-state index is 12.6. The van der Waals surface area contributed by atoms with Gasteiger partial charge in [-0.3, -0.25) is 9.59 Å². The number of amides is 1. The number of ketones is 1. The van der Waals surface area contributed by atoms with Crippen molar-refractivity contribution in [2.45, 2.75) is 13.0 Å². The number of ether oxygens (including phenoxy) is 2. The third kappa shape index (κ3) is 2.54. The number of hydrogen-bond donors (Lipinski definition) is 0. The minimum Gasteiger partial charge on any atom is -0.454 e. The van der Waals surface area contributed by atoms with Gasteiger partial charge in [0.25, 0.3) is 0 Å². The molecule has 6 heteroatoms. The van der Waals surface area contributed by atoms with Gasteiger partial charge in [-0.1, -0.05) is 0 Å². The predicted octanol–water partition coefficient (Wildman–Crippen LogP) is 1.01. The average Bonchev–Trinajstić information content (AvgIpc) is 2.96. The molecule has 3 rings (SSSR count). The van der Waals surface area contributed by atoms with Crippen LogP contribution >= 0.6 is 0 Å². The lowest BCUT2D eigenvalue weighted by Gasteiger charge is -2.38. The molecule has 2 aliphatic rings. The van der Waals surface area contributed by atoms with Crippen LogP contribution in [0.1, 0.15) is 17.3 Å². The molecule has 22 heavy (non-hydrogen) atoms. The van der Waals surface area contributed by atoms with Crippen LogP contribution in [0.15, 0.2) is 18.2 Å². The molecule has 1 unspecified atom stereocenters. The van der Waals surface area contributed by atoms with Gasteiger partial charge in [-0.2, -0.15) is 0 Å². The van der Waals surface area contributed by atoms with Crippen LogP contribution in [0.5, 0.6) is 11.5 Å². The zero-order valence-electron chi connectivity index (χ0n) is 13.0. The van der Waals surface area contributed by atoms with Crippen molar-refractivity contribution >= 4 is 11.7 Å². The quantitative estimate of drug-likeness (QED) is 0.777. The number of Topliss-reactive ketones (excluding diaryl/α,β-unsaturated/α-hetero) is 1. The number of likely N-dealkylation sites (tertiary alicyclic amines) is 1. The summed E-state index contributed by atoms with van der Waals surface area (Å²) in [7, 11) is 3.67. The molecule has 0 saturated carbocycles. The minimum atomic E-state index is -0.501. The van der Waals surface area contributed by atoms with Gasteiger partial charge in [-0.05, 0) is 32.2 Å². The van der Waals surface area contributed by atoms with Crippen LogP contribution in [0.4, 0.5) is 0 Å². The molecule has 0 aliphatic carbocycles. The number of benzene rings is 1. The number of rotatable bonds is 4. The Morgan fingerprint density at radius 2 is 1.95 bits per heavy atom. The Bertz CT molecular complexity index is 610. The van der Waals surface area contributed by atoms with Crippen molar-refractivity contribution in [3.63, 3.8) is 0 Å². The summed E-state index contributed by atoms with van der Waals surface area (Å²) in [5.41, 5.74) is 0.530. The van der Waals surface area contributed by atoms with Gasteiger partial charge in [0.05, 0.1) is 12.0 Å². The van der Waals surface area contributed by atoms with Crippen molar-refractivity contribution in [2.24, 2.45) is 5.92 Å². The van der Waals surface area contributed by atoms with Gasteiger partial charge < -0.3 is 19.3 Å². The van der Waals surface area contributed by atoms with E-state index in [4.69, 9.17) is 9.47 Å². The van der Waals surface area contributed by atoms with E-state index in [0.29, 0.717) is 17.1 Å². The highest BCUT2D eigenvalue weighted by Crippen LogP contribution is 2.33. The Labute approximate surface area is 129 Å². The fourth-order valence-corrected chi connectivity index (χ4v) is 2.80. The third-order valence-corrected chi connectivity index (χ3v) is 4.38. The smallest absolute Gasteiger partial charge is 0.231 e. The lowest BCUT2D eigenvalue weighted by Crippen LogP contribution is -2.54. The molecule has 1 amide bonds. The van der Waals surface area contributed by atoms with Gasteiger partial charge in [0.2, 0.25) is 12.7 Å². The van der Waals surface area contributed by atoms with Gasteiger partial charge in [0, 0.05) is 25.7 Å². The van der Waals surface area contributed by atoms with Crippen LogP contribution in [0, 0.1) is 5.92 Å². The largest absolute Gasteiger partial charge is 0.454 e. The van der Waals surface area contributed by atoms with E-state index in [2.05, 4.69) is 4.90 Å². The summed E-state index contributed by atoms with van der Waals surface area (Å²) in [5, 5.41) is 0. The molecular formula is C16H20N2O4. The molecule has 0 spiro atoms. The Morgan fingerprint density at radius 1 is 1.27 bits per heavy atom. The first kappa shape index (κ1) is 14.8. The standard InChI is InChI=1S/C16H20N2O4/c1-10(18(3)16(20)12-7-17(2)8-12)15(19)11-4-5-13-14(6-11)22-9-21-13/h4-6,10,12H,7-9H2,1-3H3. The molecule has 2 heterocycles. The molecular weight excluding hydrogens is 284 g/mol. The second kappa shape index (κ2) is 5.61. The molecule has 0 radical (unpaired) electrons. The molecule has 2 aliphatic heterocycles. The summed E-state index contributed by atoms with van der Waals surface area (Å²) in [5.74, 6) is 1.15. The summed E-state index contributed by atoms with van der Waals surface area (Å²) >= 11 is 0. The fraction of sp³-hybridized carbons (Fsp3) is 0.500. The summed E-state index contributed by atoms with van der Waals surface area (Å²) in [6.07, 6.45) is 0. The Kier molecular flexibility index (Phi) is 3.78. The van der Waals surface area contributed by atoms with Crippen LogP contribution in [-0.4, -0.2) is 61.5 Å². The molecule has 1 fully saturated rings. The van der Waals surface area contributed by atoms with Crippen molar-refractivity contribution in [3.8, 4) is 11.5 Å². The Morgan fingerprint density at radius 3 is 2.64 bits per heavy atom. The van der Waals surface area contributed by atoms with E-state index >= 15 is 0 Å². The molecule has 0 aromatic heterocycles. The normalized spacial score (nSPS) is 18.7. The van der Waals surface area contributed by atoms with Crippen LogP contribution in [0.3, 0.4) is 0 Å². The third-order valence-electron chi connectivity index (χ3n) is 4.38. The fourth-order valence-electron chi connectivity index (χ4n) is 2.80. The first-order valence-corrected chi connectivity index (χ1v) is 7.36. The molecule has 6 nitrogen and oxygen atoms in total. The van der Waals surface area contributed by atoms with Crippen LogP contribution in [0.2, 0.25) is 0 Å². The predicted molar refractivity (Wildman–Crippen MR) is 80.1 cm³/mol. The number of fused-ring (bicyclic) bond motifs is 1. The van der Waals surface area contributed by atoms with E-state index in [9.17, 15) is 9.59 Å². The first-order valence-electron chi connectivity index (χ1n) is 7.36. The summed E-state index contributed by atoms with van der Waals surface area (Å²) in [4.78, 5) is 28.6. The van der Waals surface area contributed by atoms with Crippen LogP contribution in [-0.2, 0) is 4.79 Å². The van der Waals surface area contributed by atoms with E-state index in [-0.39, 0.29) is 24.4 Å². The van der Waals surface area contributed by atoms with Crippen molar-refractivity contribution < 1.29 is 19.1 Å². The van der Waals surface area contributed by atoms with Gasteiger partial charge in [0.15, 0.2) is 17.3 Å². The number of hydrogen-bond acceptors (Lipinski definition) is 5. The molecule has 1 aromatic carbocycles. The highest BCUT2D eigenvalue weighted by atomic mass is 16.7. The van der Waals surface area contributed by atoms with Crippen LogP contribution in [0.25, 0.3) is 0 Å². The SMILES string of the molecule is CC(C(=O)c1ccc2c(c1)OCO2)N(C)C(=O)C1CN(C)C1. The highest BCUT2D eigenvalue weighted by Gasteiger charge is 2.35. The van der Waals surface area contributed by atoms with Gasteiger partial charge in [-0.15, -0.1) is 0 Å². The van der Waals surface area contributed by atoms with Crippen LogP contribution < -0.4 is 9.47 Å². The number of carbonyl (C=O) groups excluding carboxylic acids is 2. The zero-order chi connectivity index (χ0) is 15.9. The van der Waals surface area contributed by atoms with Gasteiger partial charge >= 0.3 is 0 Å². The summed E-state index contributed by atoms with van der Waals surface area (Å²) in [6, 6.07) is 4.61. The maximum atomic E-state index is 12.6.